The highest BCUT2D eigenvalue weighted by Gasteiger charge is 2.52. The van der Waals surface area contributed by atoms with Gasteiger partial charge in [-0.15, -0.1) is 0 Å². The fourth-order valence-electron chi connectivity index (χ4n) is 4.53. The molecule has 3 aromatic carbocycles. The molecule has 0 spiro atoms. The van der Waals surface area contributed by atoms with Crippen LogP contribution in [0.3, 0.4) is 0 Å². The molecule has 1 aliphatic heterocycles. The van der Waals surface area contributed by atoms with Crippen LogP contribution in [0.25, 0.3) is 0 Å². The number of ether oxygens (including phenoxy) is 3. The number of rotatable bonds is 8. The average Bonchev–Trinajstić information content (AvgIpc) is 2.88. The average molecular weight is 510 g/mol. The molecule has 7 nitrogen and oxygen atoms in total. The highest BCUT2D eigenvalue weighted by atomic mass is 32.2. The van der Waals surface area contributed by atoms with Gasteiger partial charge < -0.3 is 14.2 Å². The predicted octanol–water partition coefficient (Wildman–Crippen LogP) is 4.61. The summed E-state index contributed by atoms with van der Waals surface area (Å²) in [5, 5.41) is 0. The van der Waals surface area contributed by atoms with E-state index in [2.05, 4.69) is 0 Å². The molecule has 1 atom stereocenters. The Morgan fingerprint density at radius 3 is 2.36 bits per heavy atom. The van der Waals surface area contributed by atoms with Crippen LogP contribution in [0.5, 0.6) is 11.5 Å². The van der Waals surface area contributed by atoms with Gasteiger partial charge in [-0.05, 0) is 68.1 Å². The van der Waals surface area contributed by atoms with Gasteiger partial charge in [0.25, 0.3) is 0 Å². The SMILES string of the molecule is CCOC(=O)C1(C)c2cc(OCc3ccccc3)c(OC)cc2CCN1S(=O)(=O)c1ccc(C)cc1. The van der Waals surface area contributed by atoms with Crippen LogP contribution in [0.2, 0.25) is 0 Å². The predicted molar refractivity (Wildman–Crippen MR) is 137 cm³/mol. The summed E-state index contributed by atoms with van der Waals surface area (Å²) < 4.78 is 46.0. The van der Waals surface area contributed by atoms with Crippen molar-refractivity contribution in [3.63, 3.8) is 0 Å². The summed E-state index contributed by atoms with van der Waals surface area (Å²) in [6.45, 7) is 5.72. The van der Waals surface area contributed by atoms with Crippen LogP contribution in [0.1, 0.15) is 36.1 Å². The molecule has 0 aliphatic carbocycles. The van der Waals surface area contributed by atoms with E-state index in [9.17, 15) is 13.2 Å². The summed E-state index contributed by atoms with van der Waals surface area (Å²) >= 11 is 0. The third-order valence-corrected chi connectivity index (χ3v) is 8.51. The van der Waals surface area contributed by atoms with E-state index < -0.39 is 21.5 Å². The summed E-state index contributed by atoms with van der Waals surface area (Å²) in [6, 6.07) is 19.8. The van der Waals surface area contributed by atoms with Crippen LogP contribution in [0.4, 0.5) is 0 Å². The Labute approximate surface area is 212 Å². The largest absolute Gasteiger partial charge is 0.493 e. The molecule has 0 fully saturated rings. The zero-order valence-corrected chi connectivity index (χ0v) is 21.8. The van der Waals surface area contributed by atoms with Gasteiger partial charge >= 0.3 is 5.97 Å². The van der Waals surface area contributed by atoms with Crippen molar-refractivity contribution in [2.45, 2.75) is 44.2 Å². The number of fused-ring (bicyclic) bond motifs is 1. The Morgan fingerprint density at radius 1 is 1.03 bits per heavy atom. The molecule has 0 aromatic heterocycles. The minimum Gasteiger partial charge on any atom is -0.493 e. The quantitative estimate of drug-likeness (QED) is 0.413. The van der Waals surface area contributed by atoms with E-state index in [-0.39, 0.29) is 24.7 Å². The Bertz CT molecular complexity index is 1340. The van der Waals surface area contributed by atoms with Crippen molar-refractivity contribution >= 4 is 16.0 Å². The molecule has 0 bridgehead atoms. The van der Waals surface area contributed by atoms with Crippen molar-refractivity contribution in [3.8, 4) is 11.5 Å². The monoisotopic (exact) mass is 509 g/mol. The highest BCUT2D eigenvalue weighted by molar-refractivity contribution is 7.89. The van der Waals surface area contributed by atoms with Gasteiger partial charge in [0.15, 0.2) is 17.0 Å². The summed E-state index contributed by atoms with van der Waals surface area (Å²) in [7, 11) is -2.46. The van der Waals surface area contributed by atoms with E-state index in [0.29, 0.717) is 23.5 Å². The molecule has 0 saturated heterocycles. The third-order valence-electron chi connectivity index (χ3n) is 6.52. The summed E-state index contributed by atoms with van der Waals surface area (Å²) in [5.41, 5.74) is 1.65. The number of sulfonamides is 1. The van der Waals surface area contributed by atoms with Gasteiger partial charge in [-0.25, -0.2) is 13.2 Å². The first-order chi connectivity index (χ1) is 17.2. The molecule has 36 heavy (non-hydrogen) atoms. The van der Waals surface area contributed by atoms with Crippen molar-refractivity contribution in [1.29, 1.82) is 0 Å². The molecular weight excluding hydrogens is 478 g/mol. The van der Waals surface area contributed by atoms with E-state index in [1.165, 1.54) is 4.31 Å². The molecule has 0 radical (unpaired) electrons. The molecule has 4 rings (SSSR count). The lowest BCUT2D eigenvalue weighted by Gasteiger charge is -2.43. The highest BCUT2D eigenvalue weighted by Crippen LogP contribution is 2.44. The van der Waals surface area contributed by atoms with Crippen LogP contribution in [-0.2, 0) is 38.1 Å². The van der Waals surface area contributed by atoms with Crippen molar-refractivity contribution in [2.75, 3.05) is 20.3 Å². The van der Waals surface area contributed by atoms with Gasteiger partial charge in [0.05, 0.1) is 18.6 Å². The first-order valence-corrected chi connectivity index (χ1v) is 13.3. The van der Waals surface area contributed by atoms with Crippen LogP contribution in [-0.4, -0.2) is 39.0 Å². The van der Waals surface area contributed by atoms with E-state index in [1.807, 2.05) is 43.3 Å². The lowest BCUT2D eigenvalue weighted by atomic mass is 9.83. The van der Waals surface area contributed by atoms with E-state index in [4.69, 9.17) is 14.2 Å². The Kier molecular flexibility index (Phi) is 7.38. The van der Waals surface area contributed by atoms with E-state index in [0.717, 1.165) is 16.7 Å². The normalized spacial score (nSPS) is 17.8. The standard InChI is InChI=1S/C28H31NO6S/c1-5-34-27(30)28(3)24-18-26(35-19-21-9-7-6-8-10-21)25(33-4)17-22(24)15-16-29(28)36(31,32)23-13-11-20(2)12-14-23/h6-14,17-18H,5,15-16,19H2,1-4H3. The zero-order valence-electron chi connectivity index (χ0n) is 21.0. The first kappa shape index (κ1) is 25.7. The number of methoxy groups -OCH3 is 1. The van der Waals surface area contributed by atoms with Gasteiger partial charge in [0.1, 0.15) is 6.61 Å². The van der Waals surface area contributed by atoms with E-state index in [1.54, 1.807) is 51.3 Å². The van der Waals surface area contributed by atoms with Gasteiger partial charge in [0.2, 0.25) is 10.0 Å². The topological polar surface area (TPSA) is 82.1 Å². The number of benzene rings is 3. The van der Waals surface area contributed by atoms with E-state index >= 15 is 0 Å². The smallest absolute Gasteiger partial charge is 0.331 e. The number of nitrogens with zero attached hydrogens (tertiary/aromatic N) is 1. The van der Waals surface area contributed by atoms with Crippen molar-refractivity contribution < 1.29 is 27.4 Å². The minimum atomic E-state index is -4.02. The van der Waals surface area contributed by atoms with Crippen molar-refractivity contribution in [3.05, 3.63) is 89.0 Å². The fraction of sp³-hybridized carbons (Fsp3) is 0.321. The molecule has 0 N–H and O–H groups in total. The van der Waals surface area contributed by atoms with Crippen LogP contribution in [0, 0.1) is 6.92 Å². The Balaban J connectivity index is 1.82. The van der Waals surface area contributed by atoms with Crippen LogP contribution < -0.4 is 9.47 Å². The molecule has 1 unspecified atom stereocenters. The molecule has 1 heterocycles. The Hall–Kier alpha value is -3.36. The van der Waals surface area contributed by atoms with Gasteiger partial charge in [-0.2, -0.15) is 4.31 Å². The number of aryl methyl sites for hydroxylation is 1. The second-order valence-electron chi connectivity index (χ2n) is 8.87. The molecule has 190 valence electrons. The number of hydrogen-bond acceptors (Lipinski definition) is 6. The zero-order chi connectivity index (χ0) is 25.9. The summed E-state index contributed by atoms with van der Waals surface area (Å²) in [6.07, 6.45) is 0.407. The first-order valence-electron chi connectivity index (χ1n) is 11.9. The molecule has 8 heteroatoms. The van der Waals surface area contributed by atoms with Crippen molar-refractivity contribution in [2.24, 2.45) is 0 Å². The molecule has 3 aromatic rings. The fourth-order valence-corrected chi connectivity index (χ4v) is 6.25. The number of esters is 1. The maximum atomic E-state index is 13.8. The maximum absolute atomic E-state index is 13.8. The molecular formula is C28H31NO6S. The van der Waals surface area contributed by atoms with Crippen LogP contribution >= 0.6 is 0 Å². The minimum absolute atomic E-state index is 0.117. The van der Waals surface area contributed by atoms with Gasteiger partial charge in [-0.1, -0.05) is 48.0 Å². The summed E-state index contributed by atoms with van der Waals surface area (Å²) in [5.74, 6) is 0.303. The summed E-state index contributed by atoms with van der Waals surface area (Å²) in [4.78, 5) is 13.6. The lowest BCUT2D eigenvalue weighted by molar-refractivity contribution is -0.155. The number of carbonyl (C=O) groups excluding carboxylic acids is 1. The van der Waals surface area contributed by atoms with Gasteiger partial charge in [-0.3, -0.25) is 0 Å². The lowest BCUT2D eigenvalue weighted by Crippen LogP contribution is -2.56. The maximum Gasteiger partial charge on any atom is 0.331 e. The Morgan fingerprint density at radius 2 is 1.72 bits per heavy atom. The van der Waals surface area contributed by atoms with Crippen molar-refractivity contribution in [1.82, 2.24) is 4.31 Å². The second kappa shape index (κ2) is 10.3. The molecule has 0 saturated carbocycles. The second-order valence-corrected chi connectivity index (χ2v) is 10.7. The van der Waals surface area contributed by atoms with Gasteiger partial charge in [0, 0.05) is 6.54 Å². The molecule has 1 aliphatic rings. The number of carbonyl (C=O) groups is 1. The molecule has 0 amide bonds. The van der Waals surface area contributed by atoms with Crippen LogP contribution in [0.15, 0.2) is 71.6 Å². The third kappa shape index (κ3) is 4.70. The number of hydrogen-bond donors (Lipinski definition) is 0.